The Kier molecular flexibility index (Phi) is 3.50. The maximum absolute atomic E-state index is 8.91. The lowest BCUT2D eigenvalue weighted by Crippen LogP contribution is -2.18. The molecule has 0 spiro atoms. The first-order chi connectivity index (χ1) is 12.0. The van der Waals surface area contributed by atoms with Crippen molar-refractivity contribution in [3.8, 4) is 6.07 Å². The molecule has 25 heavy (non-hydrogen) atoms. The van der Waals surface area contributed by atoms with E-state index in [9.17, 15) is 0 Å². The van der Waals surface area contributed by atoms with E-state index in [0.717, 1.165) is 29.7 Å². The predicted octanol–water partition coefficient (Wildman–Crippen LogP) is 2.53. The lowest BCUT2D eigenvalue weighted by Gasteiger charge is -2.15. The van der Waals surface area contributed by atoms with Gasteiger partial charge in [-0.1, -0.05) is 0 Å². The van der Waals surface area contributed by atoms with Crippen molar-refractivity contribution >= 4 is 28.5 Å². The van der Waals surface area contributed by atoms with E-state index >= 15 is 0 Å². The van der Waals surface area contributed by atoms with Gasteiger partial charge in [0.25, 0.3) is 0 Å². The molecule has 4 rings (SSSR count). The highest BCUT2D eigenvalue weighted by atomic mass is 15.3. The molecule has 0 saturated heterocycles. The molecule has 1 aliphatic carbocycles. The number of aryl methyl sites for hydroxylation is 1. The molecule has 3 aromatic rings. The van der Waals surface area contributed by atoms with Gasteiger partial charge in [-0.3, -0.25) is 4.68 Å². The molecule has 0 aromatic carbocycles. The van der Waals surface area contributed by atoms with Gasteiger partial charge in [0.05, 0.1) is 35.6 Å². The third-order valence-electron chi connectivity index (χ3n) is 4.24. The summed E-state index contributed by atoms with van der Waals surface area (Å²) in [5.74, 6) is 1.18. The summed E-state index contributed by atoms with van der Waals surface area (Å²) in [5, 5.41) is 19.7. The maximum atomic E-state index is 8.91. The zero-order chi connectivity index (χ0) is 17.4. The van der Waals surface area contributed by atoms with Crippen LogP contribution in [0.15, 0.2) is 24.5 Å². The number of aromatic nitrogens is 5. The molecule has 0 atom stereocenters. The van der Waals surface area contributed by atoms with Crippen molar-refractivity contribution in [2.24, 2.45) is 7.05 Å². The smallest absolute Gasteiger partial charge is 0.229 e. The minimum absolute atomic E-state index is 0.0553. The number of pyridine rings is 1. The molecule has 1 fully saturated rings. The molecular weight excluding hydrogens is 316 g/mol. The lowest BCUT2D eigenvalue weighted by molar-refractivity contribution is 0.768. The molecule has 0 radical (unpaired) electrons. The standard InChI is InChI=1S/C17H18N8/c1-17(6-7-17)24-15-14-13(4-3-11(20-14)5-8-18)22-16(23-15)21-12-9-19-25(2)10-12/h3-4,9-10H,5-7H2,1-2H3,(H2,21,22,23,24). The summed E-state index contributed by atoms with van der Waals surface area (Å²) in [6, 6.07) is 5.84. The summed E-state index contributed by atoms with van der Waals surface area (Å²) in [7, 11) is 1.86. The summed E-state index contributed by atoms with van der Waals surface area (Å²) in [4.78, 5) is 13.7. The lowest BCUT2D eigenvalue weighted by atomic mass is 10.2. The van der Waals surface area contributed by atoms with E-state index in [-0.39, 0.29) is 12.0 Å². The van der Waals surface area contributed by atoms with Crippen LogP contribution in [-0.4, -0.2) is 30.3 Å². The summed E-state index contributed by atoms with van der Waals surface area (Å²) < 4.78 is 1.71. The zero-order valence-electron chi connectivity index (χ0n) is 14.1. The Morgan fingerprint density at radius 1 is 1.28 bits per heavy atom. The number of hydrogen-bond acceptors (Lipinski definition) is 7. The minimum Gasteiger partial charge on any atom is -0.363 e. The van der Waals surface area contributed by atoms with Gasteiger partial charge in [0.1, 0.15) is 5.52 Å². The van der Waals surface area contributed by atoms with E-state index in [1.165, 1.54) is 0 Å². The van der Waals surface area contributed by atoms with Gasteiger partial charge >= 0.3 is 0 Å². The third kappa shape index (κ3) is 3.21. The molecule has 0 amide bonds. The Labute approximate surface area is 144 Å². The third-order valence-corrected chi connectivity index (χ3v) is 4.24. The fourth-order valence-electron chi connectivity index (χ4n) is 2.59. The first-order valence-corrected chi connectivity index (χ1v) is 8.13. The molecular formula is C17H18N8. The molecule has 0 bridgehead atoms. The van der Waals surface area contributed by atoms with Gasteiger partial charge in [-0.05, 0) is 31.9 Å². The second-order valence-corrected chi connectivity index (χ2v) is 6.61. The minimum atomic E-state index is 0.0553. The van der Waals surface area contributed by atoms with Crippen molar-refractivity contribution < 1.29 is 0 Å². The normalized spacial score (nSPS) is 14.9. The number of nitrogens with zero attached hydrogens (tertiary/aromatic N) is 6. The van der Waals surface area contributed by atoms with Gasteiger partial charge < -0.3 is 10.6 Å². The van der Waals surface area contributed by atoms with Crippen LogP contribution in [0.5, 0.6) is 0 Å². The SMILES string of the molecule is Cn1cc(Nc2nc(NC3(C)CC3)c3nc(CC#N)ccc3n2)cn1. The number of anilines is 3. The van der Waals surface area contributed by atoms with Crippen molar-refractivity contribution in [3.05, 3.63) is 30.2 Å². The average molecular weight is 334 g/mol. The predicted molar refractivity (Wildman–Crippen MR) is 94.4 cm³/mol. The Balaban J connectivity index is 1.77. The first-order valence-electron chi connectivity index (χ1n) is 8.13. The maximum Gasteiger partial charge on any atom is 0.229 e. The van der Waals surface area contributed by atoms with Crippen LogP contribution in [0.1, 0.15) is 25.5 Å². The van der Waals surface area contributed by atoms with E-state index < -0.39 is 0 Å². The Morgan fingerprint density at radius 3 is 2.80 bits per heavy atom. The highest BCUT2D eigenvalue weighted by Gasteiger charge is 2.38. The average Bonchev–Trinajstić information content (AvgIpc) is 3.16. The fourth-order valence-corrected chi connectivity index (χ4v) is 2.59. The van der Waals surface area contributed by atoms with Gasteiger partial charge in [-0.25, -0.2) is 9.97 Å². The molecule has 1 aliphatic rings. The Bertz CT molecular complexity index is 980. The van der Waals surface area contributed by atoms with Crippen LogP contribution in [0.2, 0.25) is 0 Å². The van der Waals surface area contributed by atoms with Crippen molar-refractivity contribution in [1.29, 1.82) is 5.26 Å². The number of nitrogens with one attached hydrogen (secondary N) is 2. The largest absolute Gasteiger partial charge is 0.363 e. The van der Waals surface area contributed by atoms with Crippen molar-refractivity contribution in [1.82, 2.24) is 24.7 Å². The van der Waals surface area contributed by atoms with E-state index in [2.05, 4.69) is 43.7 Å². The first kappa shape index (κ1) is 15.3. The fraction of sp³-hybridized carbons (Fsp3) is 0.353. The monoisotopic (exact) mass is 334 g/mol. The van der Waals surface area contributed by atoms with Crippen molar-refractivity contribution in [2.45, 2.75) is 31.7 Å². The molecule has 1 saturated carbocycles. The van der Waals surface area contributed by atoms with Crippen LogP contribution in [0.25, 0.3) is 11.0 Å². The van der Waals surface area contributed by atoms with Crippen molar-refractivity contribution in [2.75, 3.05) is 10.6 Å². The van der Waals surface area contributed by atoms with Crippen molar-refractivity contribution in [3.63, 3.8) is 0 Å². The number of rotatable bonds is 5. The summed E-state index contributed by atoms with van der Waals surface area (Å²) in [5.41, 5.74) is 3.02. The summed E-state index contributed by atoms with van der Waals surface area (Å²) in [6.45, 7) is 2.16. The van der Waals surface area contributed by atoms with E-state index in [0.29, 0.717) is 17.3 Å². The molecule has 3 heterocycles. The second-order valence-electron chi connectivity index (χ2n) is 6.61. The van der Waals surface area contributed by atoms with Gasteiger partial charge in [0.15, 0.2) is 5.82 Å². The molecule has 8 heteroatoms. The van der Waals surface area contributed by atoms with Crippen LogP contribution in [0.4, 0.5) is 17.5 Å². The van der Waals surface area contributed by atoms with Crippen LogP contribution in [0, 0.1) is 11.3 Å². The quantitative estimate of drug-likeness (QED) is 0.738. The van der Waals surface area contributed by atoms with Crippen LogP contribution in [-0.2, 0) is 13.5 Å². The van der Waals surface area contributed by atoms with Gasteiger partial charge in [-0.15, -0.1) is 0 Å². The number of nitriles is 1. The zero-order valence-corrected chi connectivity index (χ0v) is 14.1. The molecule has 0 unspecified atom stereocenters. The van der Waals surface area contributed by atoms with E-state index in [4.69, 9.17) is 5.26 Å². The van der Waals surface area contributed by atoms with Gasteiger partial charge in [0.2, 0.25) is 5.95 Å². The van der Waals surface area contributed by atoms with Crippen LogP contribution >= 0.6 is 0 Å². The number of hydrogen-bond donors (Lipinski definition) is 2. The summed E-state index contributed by atoms with van der Waals surface area (Å²) in [6.07, 6.45) is 6.04. The van der Waals surface area contributed by atoms with Crippen LogP contribution in [0.3, 0.4) is 0 Å². The Morgan fingerprint density at radius 2 is 2.12 bits per heavy atom. The topological polar surface area (TPSA) is 104 Å². The summed E-state index contributed by atoms with van der Waals surface area (Å²) >= 11 is 0. The highest BCUT2D eigenvalue weighted by molar-refractivity contribution is 5.87. The molecule has 2 N–H and O–H groups in total. The molecule has 8 nitrogen and oxygen atoms in total. The molecule has 3 aromatic heterocycles. The number of fused-ring (bicyclic) bond motifs is 1. The Hall–Kier alpha value is -3.21. The molecule has 126 valence electrons. The van der Waals surface area contributed by atoms with Crippen LogP contribution < -0.4 is 10.6 Å². The van der Waals surface area contributed by atoms with E-state index in [1.807, 2.05) is 25.4 Å². The van der Waals surface area contributed by atoms with Gasteiger partial charge in [0, 0.05) is 18.8 Å². The molecule has 0 aliphatic heterocycles. The second kappa shape index (κ2) is 5.70. The van der Waals surface area contributed by atoms with E-state index in [1.54, 1.807) is 10.9 Å². The van der Waals surface area contributed by atoms with Gasteiger partial charge in [-0.2, -0.15) is 15.3 Å². The highest BCUT2D eigenvalue weighted by Crippen LogP contribution is 2.39.